The van der Waals surface area contributed by atoms with Crippen LogP contribution in [0.4, 0.5) is 28.4 Å². The van der Waals surface area contributed by atoms with Gasteiger partial charge in [-0.05, 0) is 47.7 Å². The van der Waals surface area contributed by atoms with E-state index >= 15 is 0 Å². The number of rotatable bonds is 6. The Bertz CT molecular complexity index is 1080. The second-order valence-electron chi connectivity index (χ2n) is 6.83. The van der Waals surface area contributed by atoms with Crippen molar-refractivity contribution in [2.45, 2.75) is 25.4 Å². The number of thiazole rings is 1. The van der Waals surface area contributed by atoms with Crippen LogP contribution in [0.3, 0.4) is 0 Å². The van der Waals surface area contributed by atoms with Gasteiger partial charge < -0.3 is 10.6 Å². The van der Waals surface area contributed by atoms with Gasteiger partial charge in [-0.1, -0.05) is 17.4 Å². The molecular formula is C20H16F4N4OS. The average Bonchev–Trinajstić information content (AvgIpc) is 3.31. The van der Waals surface area contributed by atoms with E-state index in [4.69, 9.17) is 0 Å². The summed E-state index contributed by atoms with van der Waals surface area (Å²) in [5.41, 5.74) is 1.35. The van der Waals surface area contributed by atoms with Gasteiger partial charge in [0.15, 0.2) is 5.13 Å². The number of anilines is 2. The minimum atomic E-state index is -4.43. The maximum atomic E-state index is 14.2. The summed E-state index contributed by atoms with van der Waals surface area (Å²) in [5.74, 6) is -0.697. The lowest BCUT2D eigenvalue weighted by Crippen LogP contribution is -2.08. The number of fused-ring (bicyclic) bond motifs is 1. The number of halogens is 4. The number of pyridine rings is 1. The molecule has 156 valence electrons. The van der Waals surface area contributed by atoms with Crippen LogP contribution in [-0.2, 0) is 23.8 Å². The van der Waals surface area contributed by atoms with Crippen molar-refractivity contribution in [2.75, 3.05) is 17.2 Å². The van der Waals surface area contributed by atoms with Crippen LogP contribution in [0.1, 0.15) is 23.2 Å². The maximum absolute atomic E-state index is 14.2. The first-order valence-corrected chi connectivity index (χ1v) is 9.96. The van der Waals surface area contributed by atoms with Gasteiger partial charge in [0.1, 0.15) is 11.5 Å². The SMILES string of the molecule is O=C1Cc2cc(-c3cnc(NCCCc4ccc(C(F)(F)F)nc4)s3)cc(F)c2N1. The van der Waals surface area contributed by atoms with Crippen LogP contribution in [0, 0.1) is 5.82 Å². The molecule has 0 saturated heterocycles. The minimum Gasteiger partial charge on any atom is -0.361 e. The van der Waals surface area contributed by atoms with Gasteiger partial charge in [-0.3, -0.25) is 9.78 Å². The highest BCUT2D eigenvalue weighted by molar-refractivity contribution is 7.18. The molecule has 1 amide bonds. The van der Waals surface area contributed by atoms with Gasteiger partial charge in [-0.2, -0.15) is 13.2 Å². The number of aromatic nitrogens is 2. The van der Waals surface area contributed by atoms with Crippen LogP contribution in [0.25, 0.3) is 10.4 Å². The van der Waals surface area contributed by atoms with Crippen molar-refractivity contribution < 1.29 is 22.4 Å². The van der Waals surface area contributed by atoms with Gasteiger partial charge in [-0.25, -0.2) is 9.37 Å². The van der Waals surface area contributed by atoms with Crippen molar-refractivity contribution in [1.82, 2.24) is 9.97 Å². The topological polar surface area (TPSA) is 66.9 Å². The average molecular weight is 436 g/mol. The van der Waals surface area contributed by atoms with E-state index in [1.807, 2.05) is 0 Å². The van der Waals surface area contributed by atoms with E-state index in [-0.39, 0.29) is 18.0 Å². The van der Waals surface area contributed by atoms with E-state index in [0.717, 1.165) is 16.5 Å². The zero-order chi connectivity index (χ0) is 21.3. The highest BCUT2D eigenvalue weighted by Crippen LogP contribution is 2.35. The number of carbonyl (C=O) groups excluding carboxylic acids is 1. The van der Waals surface area contributed by atoms with E-state index in [0.29, 0.717) is 35.6 Å². The fraction of sp³-hybridized carbons (Fsp3) is 0.250. The lowest BCUT2D eigenvalue weighted by atomic mass is 10.1. The standard InChI is InChI=1S/C20H16F4N4OS/c21-14-7-12(6-13-8-17(29)28-18(13)14)15-10-27-19(30-15)25-5-1-2-11-3-4-16(26-9-11)20(22,23)24/h3-4,6-7,9-10H,1-2,5,8H2,(H,25,27)(H,28,29). The number of hydrogen-bond donors (Lipinski definition) is 2. The second kappa shape index (κ2) is 8.02. The quantitative estimate of drug-likeness (QED) is 0.426. The van der Waals surface area contributed by atoms with Gasteiger partial charge in [0.25, 0.3) is 0 Å². The Morgan fingerprint density at radius 3 is 2.73 bits per heavy atom. The van der Waals surface area contributed by atoms with Crippen LogP contribution in [-0.4, -0.2) is 22.4 Å². The molecule has 3 heterocycles. The van der Waals surface area contributed by atoms with Gasteiger partial charge >= 0.3 is 6.18 Å². The smallest absolute Gasteiger partial charge is 0.361 e. The molecule has 0 radical (unpaired) electrons. The molecular weight excluding hydrogens is 420 g/mol. The van der Waals surface area contributed by atoms with E-state index in [2.05, 4.69) is 20.6 Å². The molecule has 2 N–H and O–H groups in total. The Hall–Kier alpha value is -3.01. The molecule has 1 aromatic carbocycles. The molecule has 0 unspecified atom stereocenters. The van der Waals surface area contributed by atoms with E-state index in [1.165, 1.54) is 29.7 Å². The first-order chi connectivity index (χ1) is 14.3. The first-order valence-electron chi connectivity index (χ1n) is 9.14. The van der Waals surface area contributed by atoms with E-state index in [9.17, 15) is 22.4 Å². The molecule has 1 aliphatic heterocycles. The molecule has 1 aliphatic rings. The number of hydrogen-bond acceptors (Lipinski definition) is 5. The largest absolute Gasteiger partial charge is 0.433 e. The van der Waals surface area contributed by atoms with Crippen LogP contribution >= 0.6 is 11.3 Å². The molecule has 0 spiro atoms. The summed E-state index contributed by atoms with van der Waals surface area (Å²) in [7, 11) is 0. The molecule has 30 heavy (non-hydrogen) atoms. The van der Waals surface area contributed by atoms with Crippen molar-refractivity contribution in [3.05, 3.63) is 59.3 Å². The normalized spacial score (nSPS) is 13.3. The Morgan fingerprint density at radius 2 is 2.00 bits per heavy atom. The Labute approximate surface area is 173 Å². The van der Waals surface area contributed by atoms with E-state index in [1.54, 1.807) is 12.3 Å². The van der Waals surface area contributed by atoms with Gasteiger partial charge in [0.05, 0.1) is 17.0 Å². The highest BCUT2D eigenvalue weighted by atomic mass is 32.1. The third-order valence-corrected chi connectivity index (χ3v) is 5.62. The number of benzene rings is 1. The molecule has 0 aliphatic carbocycles. The molecule has 5 nitrogen and oxygen atoms in total. The van der Waals surface area contributed by atoms with Gasteiger partial charge in [0, 0.05) is 18.9 Å². The fourth-order valence-corrected chi connectivity index (χ4v) is 3.99. The second-order valence-corrected chi connectivity index (χ2v) is 7.86. The number of alkyl halides is 3. The number of nitrogens with one attached hydrogen (secondary N) is 2. The van der Waals surface area contributed by atoms with Crippen molar-refractivity contribution in [1.29, 1.82) is 0 Å². The number of aryl methyl sites for hydroxylation is 1. The summed E-state index contributed by atoms with van der Waals surface area (Å²) < 4.78 is 51.8. The fourth-order valence-electron chi connectivity index (χ4n) is 3.16. The molecule has 0 atom stereocenters. The van der Waals surface area contributed by atoms with Crippen molar-refractivity contribution in [3.63, 3.8) is 0 Å². The third kappa shape index (κ3) is 4.43. The lowest BCUT2D eigenvalue weighted by Gasteiger charge is -2.07. The predicted molar refractivity (Wildman–Crippen MR) is 106 cm³/mol. The molecule has 0 saturated carbocycles. The Kier molecular flexibility index (Phi) is 5.42. The summed E-state index contributed by atoms with van der Waals surface area (Å²) in [6.07, 6.45) is -0.139. The summed E-state index contributed by atoms with van der Waals surface area (Å²) in [4.78, 5) is 20.0. The van der Waals surface area contributed by atoms with Crippen LogP contribution in [0.15, 0.2) is 36.7 Å². The van der Waals surface area contributed by atoms with Crippen LogP contribution < -0.4 is 10.6 Å². The highest BCUT2D eigenvalue weighted by Gasteiger charge is 2.32. The van der Waals surface area contributed by atoms with Gasteiger partial charge in [0.2, 0.25) is 5.91 Å². The molecule has 10 heteroatoms. The monoisotopic (exact) mass is 436 g/mol. The third-order valence-electron chi connectivity index (χ3n) is 4.61. The zero-order valence-electron chi connectivity index (χ0n) is 15.5. The summed E-state index contributed by atoms with van der Waals surface area (Å²) in [6, 6.07) is 5.57. The molecule has 2 aromatic heterocycles. The van der Waals surface area contributed by atoms with Gasteiger partial charge in [-0.15, -0.1) is 0 Å². The zero-order valence-corrected chi connectivity index (χ0v) is 16.3. The Morgan fingerprint density at radius 1 is 1.17 bits per heavy atom. The predicted octanol–water partition coefficient (Wildman–Crippen LogP) is 4.90. The number of amides is 1. The molecule has 4 rings (SSSR count). The van der Waals surface area contributed by atoms with Crippen LogP contribution in [0.5, 0.6) is 0 Å². The molecule has 3 aromatic rings. The van der Waals surface area contributed by atoms with Crippen molar-refractivity contribution >= 4 is 28.1 Å². The van der Waals surface area contributed by atoms with Crippen molar-refractivity contribution in [2.24, 2.45) is 0 Å². The summed E-state index contributed by atoms with van der Waals surface area (Å²) in [5, 5.41) is 6.33. The molecule has 0 fully saturated rings. The van der Waals surface area contributed by atoms with Crippen LogP contribution in [0.2, 0.25) is 0 Å². The first kappa shape index (κ1) is 20.3. The lowest BCUT2D eigenvalue weighted by molar-refractivity contribution is -0.141. The Balaban J connectivity index is 1.32. The van der Waals surface area contributed by atoms with Crippen molar-refractivity contribution in [3.8, 4) is 10.4 Å². The molecule has 0 bridgehead atoms. The number of nitrogens with zero attached hydrogens (tertiary/aromatic N) is 2. The minimum absolute atomic E-state index is 0.156. The van der Waals surface area contributed by atoms with E-state index < -0.39 is 17.7 Å². The summed E-state index contributed by atoms with van der Waals surface area (Å²) in [6.45, 7) is 0.574. The maximum Gasteiger partial charge on any atom is 0.433 e. The summed E-state index contributed by atoms with van der Waals surface area (Å²) >= 11 is 1.36. The number of carbonyl (C=O) groups is 1.